The number of carbonyl (C=O) groups is 1. The van der Waals surface area contributed by atoms with Crippen molar-refractivity contribution >= 4 is 11.5 Å². The Balaban J connectivity index is 2.67. The van der Waals surface area contributed by atoms with Crippen molar-refractivity contribution in [1.82, 2.24) is 0 Å². The second-order valence-electron chi connectivity index (χ2n) is 4.81. The van der Waals surface area contributed by atoms with Gasteiger partial charge in [-0.25, -0.2) is 4.79 Å². The fourth-order valence-corrected chi connectivity index (χ4v) is 2.19. The summed E-state index contributed by atoms with van der Waals surface area (Å²) >= 11 is 0. The summed E-state index contributed by atoms with van der Waals surface area (Å²) in [6, 6.07) is 19.2. The molecule has 110 valence electrons. The van der Waals surface area contributed by atoms with E-state index < -0.39 is 5.97 Å². The molecule has 22 heavy (non-hydrogen) atoms. The minimum atomic E-state index is -0.593. The van der Waals surface area contributed by atoms with E-state index in [4.69, 9.17) is 4.74 Å². The maximum Gasteiger partial charge on any atom is 0.349 e. The van der Waals surface area contributed by atoms with E-state index in [0.29, 0.717) is 5.57 Å². The number of aryl methyl sites for hydroxylation is 1. The molecule has 3 nitrogen and oxygen atoms in total. The molecule has 3 heteroatoms. The third-order valence-corrected chi connectivity index (χ3v) is 3.24. The zero-order chi connectivity index (χ0) is 15.9. The number of nitrogens with zero attached hydrogens (tertiary/aromatic N) is 1. The molecule has 0 saturated carbocycles. The van der Waals surface area contributed by atoms with Crippen molar-refractivity contribution in [2.24, 2.45) is 0 Å². The molecule has 0 heterocycles. The first-order chi connectivity index (χ1) is 10.7. The van der Waals surface area contributed by atoms with Crippen LogP contribution in [0.1, 0.15) is 23.6 Å². The van der Waals surface area contributed by atoms with E-state index in [0.717, 1.165) is 16.7 Å². The Labute approximate surface area is 130 Å². The van der Waals surface area contributed by atoms with Crippen LogP contribution in [0.2, 0.25) is 0 Å². The number of ether oxygens (including phenoxy) is 1. The quantitative estimate of drug-likeness (QED) is 0.488. The summed E-state index contributed by atoms with van der Waals surface area (Å²) in [6.45, 7) is 3.95. The monoisotopic (exact) mass is 291 g/mol. The highest BCUT2D eigenvalue weighted by Crippen LogP contribution is 2.27. The second-order valence-corrected chi connectivity index (χ2v) is 4.81. The first kappa shape index (κ1) is 15.5. The number of esters is 1. The first-order valence-corrected chi connectivity index (χ1v) is 7.11. The lowest BCUT2D eigenvalue weighted by Gasteiger charge is -2.11. The van der Waals surface area contributed by atoms with Gasteiger partial charge in [-0.3, -0.25) is 0 Å². The maximum absolute atomic E-state index is 12.1. The Morgan fingerprint density at radius 2 is 1.64 bits per heavy atom. The number of rotatable bonds is 4. The van der Waals surface area contributed by atoms with E-state index >= 15 is 0 Å². The number of nitriles is 1. The van der Waals surface area contributed by atoms with Crippen LogP contribution in [0.3, 0.4) is 0 Å². The molecule has 0 N–H and O–H groups in total. The fourth-order valence-electron chi connectivity index (χ4n) is 2.19. The van der Waals surface area contributed by atoms with Crippen molar-refractivity contribution in [2.45, 2.75) is 13.8 Å². The summed E-state index contributed by atoms with van der Waals surface area (Å²) < 4.78 is 5.02. The lowest BCUT2D eigenvalue weighted by Crippen LogP contribution is -2.09. The Hall–Kier alpha value is -2.86. The van der Waals surface area contributed by atoms with Gasteiger partial charge in [0.25, 0.3) is 0 Å². The summed E-state index contributed by atoms with van der Waals surface area (Å²) in [5.41, 5.74) is 3.38. The molecular weight excluding hydrogens is 274 g/mol. The summed E-state index contributed by atoms with van der Waals surface area (Å²) in [7, 11) is 0. The summed E-state index contributed by atoms with van der Waals surface area (Å²) in [4.78, 5) is 12.1. The van der Waals surface area contributed by atoms with Gasteiger partial charge < -0.3 is 4.74 Å². The van der Waals surface area contributed by atoms with Gasteiger partial charge in [-0.1, -0.05) is 60.2 Å². The highest BCUT2D eigenvalue weighted by Gasteiger charge is 2.19. The van der Waals surface area contributed by atoms with Gasteiger partial charge in [-0.15, -0.1) is 0 Å². The number of hydrogen-bond donors (Lipinski definition) is 0. The molecule has 0 aromatic heterocycles. The average Bonchev–Trinajstić information content (AvgIpc) is 2.54. The van der Waals surface area contributed by atoms with Gasteiger partial charge in [-0.05, 0) is 25.0 Å². The van der Waals surface area contributed by atoms with Gasteiger partial charge in [0.1, 0.15) is 11.6 Å². The number of benzene rings is 2. The molecule has 0 aliphatic carbocycles. The van der Waals surface area contributed by atoms with Crippen LogP contribution < -0.4 is 0 Å². The summed E-state index contributed by atoms with van der Waals surface area (Å²) in [6.07, 6.45) is 0. The molecule has 0 aliphatic heterocycles. The minimum absolute atomic E-state index is 0.0249. The van der Waals surface area contributed by atoms with Crippen molar-refractivity contribution in [3.05, 3.63) is 76.9 Å². The van der Waals surface area contributed by atoms with Crippen LogP contribution in [0.4, 0.5) is 0 Å². The van der Waals surface area contributed by atoms with Gasteiger partial charge in [0.15, 0.2) is 0 Å². The number of carbonyl (C=O) groups excluding carboxylic acids is 1. The lowest BCUT2D eigenvalue weighted by atomic mass is 9.93. The van der Waals surface area contributed by atoms with Crippen LogP contribution in [0, 0.1) is 18.3 Å². The summed E-state index contributed by atoms with van der Waals surface area (Å²) in [5.74, 6) is -0.593. The molecule has 2 aromatic carbocycles. The largest absolute Gasteiger partial charge is 0.462 e. The minimum Gasteiger partial charge on any atom is -0.462 e. The zero-order valence-corrected chi connectivity index (χ0v) is 12.7. The second kappa shape index (κ2) is 7.24. The topological polar surface area (TPSA) is 50.1 Å². The van der Waals surface area contributed by atoms with E-state index in [1.54, 1.807) is 6.92 Å². The van der Waals surface area contributed by atoms with E-state index in [1.807, 2.05) is 67.6 Å². The molecular formula is C19H17NO2. The highest BCUT2D eigenvalue weighted by molar-refractivity contribution is 6.05. The van der Waals surface area contributed by atoms with Gasteiger partial charge >= 0.3 is 5.97 Å². The molecule has 0 saturated heterocycles. The molecule has 2 aromatic rings. The Morgan fingerprint density at radius 3 is 2.18 bits per heavy atom. The van der Waals surface area contributed by atoms with Gasteiger partial charge in [0, 0.05) is 5.57 Å². The molecule has 0 unspecified atom stereocenters. The van der Waals surface area contributed by atoms with Crippen LogP contribution in [-0.2, 0) is 9.53 Å². The van der Waals surface area contributed by atoms with E-state index in [-0.39, 0.29) is 12.2 Å². The van der Waals surface area contributed by atoms with Crippen LogP contribution >= 0.6 is 0 Å². The van der Waals surface area contributed by atoms with Crippen LogP contribution in [0.5, 0.6) is 0 Å². The van der Waals surface area contributed by atoms with Gasteiger partial charge in [-0.2, -0.15) is 5.26 Å². The van der Waals surface area contributed by atoms with E-state index in [1.165, 1.54) is 0 Å². The van der Waals surface area contributed by atoms with Crippen LogP contribution in [0.15, 0.2) is 60.2 Å². The molecule has 0 amide bonds. The molecule has 0 spiro atoms. The highest BCUT2D eigenvalue weighted by atomic mass is 16.5. The third kappa shape index (κ3) is 3.42. The molecule has 2 rings (SSSR count). The SMILES string of the molecule is CCOC(=O)C(C#N)=C(c1ccccc1)c1ccc(C)cc1. The third-order valence-electron chi connectivity index (χ3n) is 3.24. The lowest BCUT2D eigenvalue weighted by molar-refractivity contribution is -0.137. The summed E-state index contributed by atoms with van der Waals surface area (Å²) in [5, 5.41) is 9.46. The molecule has 0 fully saturated rings. The van der Waals surface area contributed by atoms with E-state index in [2.05, 4.69) is 0 Å². The normalized spacial score (nSPS) is 11.3. The average molecular weight is 291 g/mol. The molecule has 0 bridgehead atoms. The number of hydrogen-bond acceptors (Lipinski definition) is 3. The first-order valence-electron chi connectivity index (χ1n) is 7.11. The Morgan fingerprint density at radius 1 is 1.05 bits per heavy atom. The predicted octanol–water partition coefficient (Wildman–Crippen LogP) is 3.88. The van der Waals surface area contributed by atoms with Crippen LogP contribution in [-0.4, -0.2) is 12.6 Å². The fraction of sp³-hybridized carbons (Fsp3) is 0.158. The molecule has 0 atom stereocenters. The predicted molar refractivity (Wildman–Crippen MR) is 85.9 cm³/mol. The molecule has 0 aliphatic rings. The van der Waals surface area contributed by atoms with Gasteiger partial charge in [0.2, 0.25) is 0 Å². The Kier molecular flexibility index (Phi) is 5.11. The van der Waals surface area contributed by atoms with Crippen molar-refractivity contribution in [3.8, 4) is 6.07 Å². The van der Waals surface area contributed by atoms with Crippen molar-refractivity contribution < 1.29 is 9.53 Å². The molecule has 0 radical (unpaired) electrons. The zero-order valence-electron chi connectivity index (χ0n) is 12.7. The van der Waals surface area contributed by atoms with Crippen molar-refractivity contribution in [1.29, 1.82) is 5.26 Å². The van der Waals surface area contributed by atoms with E-state index in [9.17, 15) is 10.1 Å². The van der Waals surface area contributed by atoms with Crippen molar-refractivity contribution in [2.75, 3.05) is 6.61 Å². The smallest absolute Gasteiger partial charge is 0.349 e. The van der Waals surface area contributed by atoms with Crippen LogP contribution in [0.25, 0.3) is 5.57 Å². The van der Waals surface area contributed by atoms with Gasteiger partial charge in [0.05, 0.1) is 6.61 Å². The Bertz CT molecular complexity index is 722. The maximum atomic E-state index is 12.1. The van der Waals surface area contributed by atoms with Crippen molar-refractivity contribution in [3.63, 3.8) is 0 Å². The standard InChI is InChI=1S/C19H17NO2/c1-3-22-19(21)17(13-20)18(15-7-5-4-6-8-15)16-11-9-14(2)10-12-16/h4-12H,3H2,1-2H3.